The van der Waals surface area contributed by atoms with Crippen LogP contribution in [0.2, 0.25) is 0 Å². The van der Waals surface area contributed by atoms with Crippen LogP contribution in [0.25, 0.3) is 11.3 Å². The highest BCUT2D eigenvalue weighted by Gasteiger charge is 2.19. The molecule has 3 rings (SSSR count). The molecule has 0 fully saturated rings. The van der Waals surface area contributed by atoms with Gasteiger partial charge in [0.1, 0.15) is 5.01 Å². The van der Waals surface area contributed by atoms with Gasteiger partial charge in [-0.2, -0.15) is 0 Å². The predicted molar refractivity (Wildman–Crippen MR) is 78.5 cm³/mol. The molecule has 0 bridgehead atoms. The third-order valence-electron chi connectivity index (χ3n) is 3.39. The number of thiazole rings is 1. The van der Waals surface area contributed by atoms with E-state index in [9.17, 15) is 0 Å². The van der Waals surface area contributed by atoms with Crippen molar-refractivity contribution in [2.75, 3.05) is 20.3 Å². The molecule has 0 unspecified atom stereocenters. The fraction of sp³-hybridized carbons (Fsp3) is 0.400. The summed E-state index contributed by atoms with van der Waals surface area (Å²) in [5.41, 5.74) is 3.96. The zero-order valence-corrected chi connectivity index (χ0v) is 11.9. The van der Waals surface area contributed by atoms with Crippen molar-refractivity contribution in [3.8, 4) is 11.3 Å². The van der Waals surface area contributed by atoms with E-state index in [0.717, 1.165) is 32.5 Å². The summed E-state index contributed by atoms with van der Waals surface area (Å²) in [6, 6.07) is 8.62. The van der Waals surface area contributed by atoms with Gasteiger partial charge in [-0.3, -0.25) is 0 Å². The lowest BCUT2D eigenvalue weighted by Gasteiger charge is -2.13. The minimum atomic E-state index is 0.744. The number of hydrogen-bond donors (Lipinski definition) is 1. The zero-order chi connectivity index (χ0) is 13.1. The lowest BCUT2D eigenvalue weighted by molar-refractivity contribution is 0.199. The minimum Gasteiger partial charge on any atom is -0.383 e. The SMILES string of the molecule is COCCNCc1nc2c(s1)CCc1ccccc1-2. The van der Waals surface area contributed by atoms with Gasteiger partial charge in [0.15, 0.2) is 0 Å². The number of nitrogens with one attached hydrogen (secondary N) is 1. The Morgan fingerprint density at radius 1 is 1.32 bits per heavy atom. The molecule has 0 saturated heterocycles. The molecule has 1 aromatic heterocycles. The van der Waals surface area contributed by atoms with Crippen molar-refractivity contribution in [3.63, 3.8) is 0 Å². The first-order valence-electron chi connectivity index (χ1n) is 6.65. The standard InChI is InChI=1S/C15H18N2OS/c1-18-9-8-16-10-14-17-15-12-5-3-2-4-11(12)6-7-13(15)19-14/h2-5,16H,6-10H2,1H3. The average Bonchev–Trinajstić information content (AvgIpc) is 2.87. The van der Waals surface area contributed by atoms with Crippen molar-refractivity contribution in [1.29, 1.82) is 0 Å². The summed E-state index contributed by atoms with van der Waals surface area (Å²) >= 11 is 1.84. The molecule has 1 heterocycles. The Bertz CT molecular complexity index is 565. The highest BCUT2D eigenvalue weighted by Crippen LogP contribution is 2.35. The summed E-state index contributed by atoms with van der Waals surface area (Å²) in [7, 11) is 1.72. The molecule has 19 heavy (non-hydrogen) atoms. The molecule has 100 valence electrons. The Morgan fingerprint density at radius 2 is 2.21 bits per heavy atom. The van der Waals surface area contributed by atoms with Crippen LogP contribution in [0.3, 0.4) is 0 Å². The van der Waals surface area contributed by atoms with Gasteiger partial charge < -0.3 is 10.1 Å². The van der Waals surface area contributed by atoms with Crippen molar-refractivity contribution in [1.82, 2.24) is 10.3 Å². The predicted octanol–water partition coefficient (Wildman–Crippen LogP) is 2.64. The van der Waals surface area contributed by atoms with Gasteiger partial charge in [0, 0.05) is 30.6 Å². The molecule has 1 aromatic carbocycles. The second-order valence-electron chi connectivity index (χ2n) is 4.71. The van der Waals surface area contributed by atoms with Crippen molar-refractivity contribution >= 4 is 11.3 Å². The summed E-state index contributed by atoms with van der Waals surface area (Å²) in [6.07, 6.45) is 2.27. The maximum absolute atomic E-state index is 5.03. The Balaban J connectivity index is 1.77. The van der Waals surface area contributed by atoms with Crippen LogP contribution < -0.4 is 5.32 Å². The smallest absolute Gasteiger partial charge is 0.107 e. The second kappa shape index (κ2) is 5.82. The molecule has 3 nitrogen and oxygen atoms in total. The van der Waals surface area contributed by atoms with E-state index in [-0.39, 0.29) is 0 Å². The summed E-state index contributed by atoms with van der Waals surface area (Å²) in [6.45, 7) is 2.45. The monoisotopic (exact) mass is 274 g/mol. The molecule has 0 aliphatic heterocycles. The molecule has 0 radical (unpaired) electrons. The Kier molecular flexibility index (Phi) is 3.92. The first kappa shape index (κ1) is 12.8. The highest BCUT2D eigenvalue weighted by molar-refractivity contribution is 7.12. The molecule has 1 aliphatic rings. The van der Waals surface area contributed by atoms with Crippen molar-refractivity contribution in [2.45, 2.75) is 19.4 Å². The largest absolute Gasteiger partial charge is 0.383 e. The highest BCUT2D eigenvalue weighted by atomic mass is 32.1. The van der Waals surface area contributed by atoms with Crippen molar-refractivity contribution < 1.29 is 4.74 Å². The van der Waals surface area contributed by atoms with Crippen molar-refractivity contribution in [3.05, 3.63) is 39.7 Å². The van der Waals surface area contributed by atoms with Gasteiger partial charge in [0.25, 0.3) is 0 Å². The van der Waals surface area contributed by atoms with Crippen LogP contribution in [0.4, 0.5) is 0 Å². The van der Waals surface area contributed by atoms with Crippen LogP contribution in [0, 0.1) is 0 Å². The number of methoxy groups -OCH3 is 1. The lowest BCUT2D eigenvalue weighted by atomic mass is 9.94. The number of rotatable bonds is 5. The normalized spacial score (nSPS) is 13.1. The summed E-state index contributed by atoms with van der Waals surface area (Å²) in [4.78, 5) is 6.24. The number of nitrogens with zero attached hydrogens (tertiary/aromatic N) is 1. The van der Waals surface area contributed by atoms with Crippen LogP contribution in [0.15, 0.2) is 24.3 Å². The molecule has 2 aromatic rings. The van der Waals surface area contributed by atoms with E-state index in [0.29, 0.717) is 0 Å². The Morgan fingerprint density at radius 3 is 3.11 bits per heavy atom. The first-order valence-corrected chi connectivity index (χ1v) is 7.46. The van der Waals surface area contributed by atoms with Gasteiger partial charge in [-0.15, -0.1) is 11.3 Å². The molecule has 0 atom stereocenters. The molecule has 4 heteroatoms. The van der Waals surface area contributed by atoms with Gasteiger partial charge in [0.2, 0.25) is 0 Å². The maximum Gasteiger partial charge on any atom is 0.107 e. The topological polar surface area (TPSA) is 34.1 Å². The van der Waals surface area contributed by atoms with Crippen LogP contribution in [0.1, 0.15) is 15.4 Å². The lowest BCUT2D eigenvalue weighted by Crippen LogP contribution is -2.18. The zero-order valence-electron chi connectivity index (χ0n) is 11.1. The number of hydrogen-bond acceptors (Lipinski definition) is 4. The minimum absolute atomic E-state index is 0.744. The van der Waals surface area contributed by atoms with Crippen LogP contribution in [0.5, 0.6) is 0 Å². The summed E-state index contributed by atoms with van der Waals surface area (Å²) < 4.78 is 5.03. The van der Waals surface area contributed by atoms with Crippen LogP contribution in [-0.4, -0.2) is 25.2 Å². The number of ether oxygens (including phenoxy) is 1. The number of benzene rings is 1. The fourth-order valence-corrected chi connectivity index (χ4v) is 3.49. The summed E-state index contributed by atoms with van der Waals surface area (Å²) in [5, 5.41) is 4.54. The molecular formula is C15H18N2OS. The third kappa shape index (κ3) is 2.71. The first-order chi connectivity index (χ1) is 9.38. The van der Waals surface area contributed by atoms with Gasteiger partial charge in [0.05, 0.1) is 12.3 Å². The van der Waals surface area contributed by atoms with Gasteiger partial charge in [-0.25, -0.2) is 4.98 Å². The molecule has 1 N–H and O–H groups in total. The number of aromatic nitrogens is 1. The van der Waals surface area contributed by atoms with Gasteiger partial charge in [-0.05, 0) is 18.4 Å². The van der Waals surface area contributed by atoms with E-state index in [2.05, 4.69) is 29.6 Å². The fourth-order valence-electron chi connectivity index (χ4n) is 2.44. The molecular weight excluding hydrogens is 256 g/mol. The molecule has 0 saturated carbocycles. The third-order valence-corrected chi connectivity index (χ3v) is 4.51. The van der Waals surface area contributed by atoms with Crippen LogP contribution >= 0.6 is 11.3 Å². The van der Waals surface area contributed by atoms with E-state index >= 15 is 0 Å². The van der Waals surface area contributed by atoms with E-state index < -0.39 is 0 Å². The van der Waals surface area contributed by atoms with Gasteiger partial charge >= 0.3 is 0 Å². The number of aryl methyl sites for hydroxylation is 2. The van der Waals surface area contributed by atoms with E-state index in [1.165, 1.54) is 26.7 Å². The Hall–Kier alpha value is -1.23. The van der Waals surface area contributed by atoms with E-state index in [1.54, 1.807) is 7.11 Å². The molecule has 0 spiro atoms. The van der Waals surface area contributed by atoms with E-state index in [1.807, 2.05) is 11.3 Å². The second-order valence-corrected chi connectivity index (χ2v) is 5.87. The summed E-state index contributed by atoms with van der Waals surface area (Å²) in [5.74, 6) is 0. The average molecular weight is 274 g/mol. The van der Waals surface area contributed by atoms with Gasteiger partial charge in [-0.1, -0.05) is 24.3 Å². The Labute approximate surface area is 117 Å². The van der Waals surface area contributed by atoms with Crippen molar-refractivity contribution in [2.24, 2.45) is 0 Å². The van der Waals surface area contributed by atoms with E-state index in [4.69, 9.17) is 9.72 Å². The van der Waals surface area contributed by atoms with Crippen LogP contribution in [-0.2, 0) is 24.1 Å². The maximum atomic E-state index is 5.03. The quantitative estimate of drug-likeness (QED) is 0.851. The molecule has 0 amide bonds. The number of fused-ring (bicyclic) bond motifs is 3. The molecule has 1 aliphatic carbocycles.